The number of nitrogens with one attached hydrogen (secondary N) is 12. The second-order valence-corrected chi connectivity index (χ2v) is 27.6. The molecule has 0 aliphatic carbocycles. The van der Waals surface area contributed by atoms with E-state index in [1.807, 2.05) is 6.26 Å². The lowest BCUT2D eigenvalue weighted by atomic mass is 10.0. The molecule has 0 spiro atoms. The smallest absolute Gasteiger partial charge is 0.326 e. The number of aliphatic hydroxyl groups is 3. The quantitative estimate of drug-likeness (QED) is 0.0142. The first-order chi connectivity index (χ1) is 50.7. The largest absolute Gasteiger partial charge is 0.481 e. The number of rotatable bonds is 44. The summed E-state index contributed by atoms with van der Waals surface area (Å²) in [6.07, 6.45) is 2.55. The van der Waals surface area contributed by atoms with Crippen LogP contribution in [0.5, 0.6) is 0 Å². The molecule has 2 fully saturated rings. The summed E-state index contributed by atoms with van der Waals surface area (Å²) in [5.74, 6) is -14.1. The molecule has 15 atom stereocenters. The molecule has 2 saturated heterocycles. The van der Waals surface area contributed by atoms with Crippen molar-refractivity contribution in [2.75, 3.05) is 38.2 Å². The molecule has 23 N–H and O–H groups in total. The fourth-order valence-electron chi connectivity index (χ4n) is 11.9. The number of aliphatic hydroxyl groups excluding tert-OH is 3. The lowest BCUT2D eigenvalue weighted by Crippen LogP contribution is -2.62. The Morgan fingerprint density at radius 3 is 1.57 bits per heavy atom. The van der Waals surface area contributed by atoms with Crippen LogP contribution in [0.25, 0.3) is 0 Å². The number of hydrogen-bond donors (Lipinski definition) is 20. The van der Waals surface area contributed by atoms with Gasteiger partial charge in [0.1, 0.15) is 72.5 Å². The maximum absolute atomic E-state index is 14.5. The number of guanidine groups is 1. The van der Waals surface area contributed by atoms with Crippen molar-refractivity contribution in [1.82, 2.24) is 82.9 Å². The second-order valence-electron chi connectivity index (χ2n) is 26.7. The van der Waals surface area contributed by atoms with Crippen molar-refractivity contribution in [3.05, 3.63) is 72.3 Å². The third kappa shape index (κ3) is 27.8. The van der Waals surface area contributed by atoms with E-state index in [0.717, 1.165) is 16.7 Å². The molecule has 40 heteroatoms. The molecule has 590 valence electrons. The van der Waals surface area contributed by atoms with Gasteiger partial charge in [-0.1, -0.05) is 44.2 Å². The van der Waals surface area contributed by atoms with Gasteiger partial charge >= 0.3 is 11.9 Å². The molecule has 0 radical (unpaired) electrons. The molecule has 0 unspecified atom stereocenters. The number of likely N-dealkylation sites (tertiary alicyclic amines) is 2. The Labute approximate surface area is 621 Å². The highest BCUT2D eigenvalue weighted by molar-refractivity contribution is 7.98. The SMILES string of the molecule is CSCC[C@H](N)C(=O)N[C@@H](C)C(=O)N[C@@H](Cc1ccccc1)C(=O)N[C@H](C(=O)N[C@@H](CCC(=O)O)C(=O)N[C@@H](Cc1cnc[nH]1)C(=O)N[C@@H](CO)C(=O)N1CCC[C@H]1C(=O)N[C@@H](CC(C)C)C(=O)N[C@H](C(=O)N1CCC[C@H]1C(=O)N[C@@H](Cc1cnc[nH]1)C(=O)N[C@@H](CCCN=C(N)N)C(=O)O)[C@@H](C)O)[C@@H](C)O. The maximum atomic E-state index is 14.5. The Hall–Kier alpha value is -10.3. The van der Waals surface area contributed by atoms with Gasteiger partial charge in [-0.2, -0.15) is 11.8 Å². The molecule has 3 aromatic rings. The number of amides is 12. The molecule has 39 nitrogen and oxygen atoms in total. The summed E-state index contributed by atoms with van der Waals surface area (Å²) in [5.41, 5.74) is 17.9. The number of aromatic amines is 2. The zero-order valence-electron chi connectivity index (χ0n) is 60.5. The first-order valence-electron chi connectivity index (χ1n) is 35.1. The first kappa shape index (κ1) is 87.3. The van der Waals surface area contributed by atoms with Gasteiger partial charge in [-0.3, -0.25) is 67.3 Å². The number of nitrogens with zero attached hydrogens (tertiary/aromatic N) is 5. The molecule has 2 aliphatic rings. The molecule has 2 aliphatic heterocycles. The highest BCUT2D eigenvalue weighted by atomic mass is 32.2. The topological polar surface area (TPSA) is 615 Å². The number of aliphatic imine (C=N–C) groups is 1. The minimum Gasteiger partial charge on any atom is -0.481 e. The van der Waals surface area contributed by atoms with Gasteiger partial charge in [0, 0.05) is 69.1 Å². The molecule has 0 bridgehead atoms. The van der Waals surface area contributed by atoms with Crippen LogP contribution >= 0.6 is 11.8 Å². The lowest BCUT2D eigenvalue weighted by molar-refractivity contribution is -0.145. The molecular formula is C67H102N20O19S. The highest BCUT2D eigenvalue weighted by Crippen LogP contribution is 2.23. The molecule has 1 aromatic carbocycles. The summed E-state index contributed by atoms with van der Waals surface area (Å²) in [7, 11) is 0. The normalized spacial score (nSPS) is 17.7. The lowest BCUT2D eigenvalue weighted by Gasteiger charge is -2.32. The number of carbonyl (C=O) groups is 14. The summed E-state index contributed by atoms with van der Waals surface area (Å²) in [6, 6.07) is -11.0. The van der Waals surface area contributed by atoms with Crippen LogP contribution in [0, 0.1) is 5.92 Å². The number of carbonyl (C=O) groups excluding carboxylic acids is 12. The Kier molecular flexibility index (Phi) is 35.4. The van der Waals surface area contributed by atoms with Crippen LogP contribution in [0.2, 0.25) is 0 Å². The van der Waals surface area contributed by atoms with E-state index >= 15 is 0 Å². The fourth-order valence-corrected chi connectivity index (χ4v) is 12.3. The first-order valence-corrected chi connectivity index (χ1v) is 36.5. The second kappa shape index (κ2) is 43.3. The number of imidazole rings is 2. The monoisotopic (exact) mass is 1520 g/mol. The summed E-state index contributed by atoms with van der Waals surface area (Å²) >= 11 is 1.47. The minimum absolute atomic E-state index is 0.0133. The average Bonchev–Trinajstić information content (AvgIpc) is 1.78. The van der Waals surface area contributed by atoms with Crippen LogP contribution in [0.15, 0.2) is 60.4 Å². The van der Waals surface area contributed by atoms with Gasteiger partial charge in [-0.05, 0) is 102 Å². The van der Waals surface area contributed by atoms with Crippen LogP contribution in [0.4, 0.5) is 0 Å². The van der Waals surface area contributed by atoms with Gasteiger partial charge in [0.2, 0.25) is 70.9 Å². The standard InChI is InChI=1S/C67H102N20O19S/c1-34(2)25-44(59(98)85-53(37(5)90)65(104)87-23-12-17-50(87)62(101)82-47(28-40-30-72-33-75-40)57(96)78-43(66(105)106)15-10-21-73-67(69)70)81-61(100)49-16-11-22-86(49)64(103)48(31-88)83-58(97)46(27-39-29-71-32-74-39)80-56(95)42(18-19-51(91)92)77-63(102)52(36(4)89)84-60(99)45(26-38-13-8-7-9-14-38)79-54(93)35(3)76-55(94)41(68)20-24-107-6/h7-9,13-14,29-30,32-37,41-50,52-53,88-90H,10-12,15-28,31,68H2,1-6H3,(H,71,74)(H,72,75)(H,76,94)(H,77,102)(H,78,96)(H,79,93)(H,80,95)(H,81,100)(H,82,101)(H,83,97)(H,84,99)(H,85,98)(H,91,92)(H,105,106)(H4,69,70,73)/t35-,36+,37+,41-,42-,43-,44-,45-,46-,47-,48-,49-,50-,52-,53-/m0/s1. The van der Waals surface area contributed by atoms with E-state index in [1.54, 1.807) is 44.2 Å². The molecule has 107 heavy (non-hydrogen) atoms. The molecular weight excluding hydrogens is 1420 g/mol. The third-order valence-corrected chi connectivity index (χ3v) is 18.3. The molecule has 4 heterocycles. The van der Waals surface area contributed by atoms with Crippen LogP contribution < -0.4 is 70.4 Å². The van der Waals surface area contributed by atoms with Crippen LogP contribution in [0.3, 0.4) is 0 Å². The van der Waals surface area contributed by atoms with Crippen molar-refractivity contribution < 1.29 is 92.7 Å². The van der Waals surface area contributed by atoms with Crippen molar-refractivity contribution in [3.8, 4) is 0 Å². The Morgan fingerprint density at radius 1 is 0.570 bits per heavy atom. The van der Waals surface area contributed by atoms with Gasteiger partial charge in [-0.25, -0.2) is 14.8 Å². The van der Waals surface area contributed by atoms with E-state index in [-0.39, 0.29) is 95.0 Å². The third-order valence-electron chi connectivity index (χ3n) is 17.6. The summed E-state index contributed by atoms with van der Waals surface area (Å²) in [5, 5.41) is 77.4. The number of carboxylic acid groups (broad SMARTS) is 2. The predicted octanol–water partition coefficient (Wildman–Crippen LogP) is -6.11. The number of carboxylic acids is 2. The number of hydrogen-bond acceptors (Lipinski definition) is 22. The summed E-state index contributed by atoms with van der Waals surface area (Å²) < 4.78 is 0. The van der Waals surface area contributed by atoms with Crippen LogP contribution in [0.1, 0.15) is 116 Å². The number of aromatic nitrogens is 4. The van der Waals surface area contributed by atoms with Gasteiger partial charge in [0.25, 0.3) is 0 Å². The van der Waals surface area contributed by atoms with E-state index in [1.165, 1.54) is 50.7 Å². The van der Waals surface area contributed by atoms with E-state index in [9.17, 15) is 92.7 Å². The molecule has 12 amide bonds. The Morgan fingerprint density at radius 2 is 1.06 bits per heavy atom. The summed E-state index contributed by atoms with van der Waals surface area (Å²) in [6.45, 7) is 6.02. The van der Waals surface area contributed by atoms with Crippen molar-refractivity contribution in [2.24, 2.45) is 28.1 Å². The van der Waals surface area contributed by atoms with Gasteiger partial charge in [0.15, 0.2) is 5.96 Å². The predicted molar refractivity (Wildman–Crippen MR) is 384 cm³/mol. The van der Waals surface area contributed by atoms with E-state index in [4.69, 9.17) is 17.2 Å². The van der Waals surface area contributed by atoms with Gasteiger partial charge in [-0.15, -0.1) is 0 Å². The zero-order chi connectivity index (χ0) is 79.2. The number of benzene rings is 1. The van der Waals surface area contributed by atoms with Crippen molar-refractivity contribution >= 4 is 101 Å². The van der Waals surface area contributed by atoms with Crippen molar-refractivity contribution in [1.29, 1.82) is 0 Å². The average molecular weight is 1520 g/mol. The van der Waals surface area contributed by atoms with Crippen molar-refractivity contribution in [2.45, 2.75) is 209 Å². The van der Waals surface area contributed by atoms with E-state index < -0.39 is 199 Å². The fraction of sp³-hybridized carbons (Fsp3) is 0.597. The number of aliphatic carboxylic acids is 2. The highest BCUT2D eigenvalue weighted by Gasteiger charge is 2.44. The zero-order valence-corrected chi connectivity index (χ0v) is 61.3. The van der Waals surface area contributed by atoms with Crippen LogP contribution in [-0.2, 0) is 86.4 Å². The minimum atomic E-state index is -1.88. The van der Waals surface area contributed by atoms with E-state index in [0.29, 0.717) is 23.4 Å². The summed E-state index contributed by atoms with van der Waals surface area (Å²) in [4.78, 5) is 213. The van der Waals surface area contributed by atoms with E-state index in [2.05, 4.69) is 78.1 Å². The number of nitrogens with two attached hydrogens (primary N) is 3. The molecule has 2 aromatic heterocycles. The molecule has 5 rings (SSSR count). The Bertz CT molecular complexity index is 3530. The molecule has 0 saturated carbocycles. The van der Waals surface area contributed by atoms with Crippen LogP contribution in [-0.4, -0.2) is 273 Å². The number of thioether (sulfide) groups is 1. The number of H-pyrrole nitrogens is 2. The van der Waals surface area contributed by atoms with Crippen molar-refractivity contribution in [3.63, 3.8) is 0 Å². The Balaban J connectivity index is 1.29. The van der Waals surface area contributed by atoms with Gasteiger partial charge in [0.05, 0.1) is 37.5 Å². The maximum Gasteiger partial charge on any atom is 0.326 e. The van der Waals surface area contributed by atoms with Gasteiger partial charge < -0.3 is 116 Å².